The van der Waals surface area contributed by atoms with Crippen molar-refractivity contribution in [3.8, 4) is 11.3 Å². The van der Waals surface area contributed by atoms with Crippen molar-refractivity contribution in [3.05, 3.63) is 40.5 Å². The van der Waals surface area contributed by atoms with Crippen LogP contribution in [0.15, 0.2) is 24.3 Å². The molecule has 3 heterocycles. The number of aromatic amines is 1. The highest BCUT2D eigenvalue weighted by Gasteiger charge is 2.49. The summed E-state index contributed by atoms with van der Waals surface area (Å²) in [5.41, 5.74) is 2.29. The fourth-order valence-corrected chi connectivity index (χ4v) is 3.80. The van der Waals surface area contributed by atoms with Gasteiger partial charge in [-0.25, -0.2) is 4.79 Å². The van der Waals surface area contributed by atoms with E-state index in [0.29, 0.717) is 36.8 Å². The van der Waals surface area contributed by atoms with Crippen LogP contribution in [0.5, 0.6) is 0 Å². The standard InChI is InChI=1S/C18H19ClN4O3/c1-11-14(12-3-5-13(19)6-4-12)20-21-15(11)16(24)23-8-7-18(10-23)9-22(2)17(25)26-18/h3-6H,7-10H2,1-2H3,(H,20,21)/t18-/m0/s1. The summed E-state index contributed by atoms with van der Waals surface area (Å²) >= 11 is 5.93. The quantitative estimate of drug-likeness (QED) is 0.876. The van der Waals surface area contributed by atoms with Gasteiger partial charge in [0.05, 0.1) is 18.8 Å². The lowest BCUT2D eigenvalue weighted by molar-refractivity contribution is 0.0550. The Morgan fingerprint density at radius 3 is 2.69 bits per heavy atom. The van der Waals surface area contributed by atoms with E-state index in [1.54, 1.807) is 29.0 Å². The maximum absolute atomic E-state index is 12.9. The van der Waals surface area contributed by atoms with Crippen molar-refractivity contribution in [1.29, 1.82) is 0 Å². The number of likely N-dealkylation sites (N-methyl/N-ethyl adjacent to an activating group) is 1. The van der Waals surface area contributed by atoms with Gasteiger partial charge in [-0.2, -0.15) is 5.10 Å². The van der Waals surface area contributed by atoms with Gasteiger partial charge in [0.15, 0.2) is 5.60 Å². The first kappa shape index (κ1) is 16.9. The van der Waals surface area contributed by atoms with E-state index < -0.39 is 5.60 Å². The summed E-state index contributed by atoms with van der Waals surface area (Å²) in [4.78, 5) is 27.9. The number of H-pyrrole nitrogens is 1. The summed E-state index contributed by atoms with van der Waals surface area (Å²) in [5.74, 6) is -0.127. The number of likely N-dealkylation sites (tertiary alicyclic amines) is 1. The molecule has 2 aliphatic heterocycles. The SMILES string of the molecule is Cc1c(-c2ccc(Cl)cc2)n[nH]c1C(=O)N1CC[C@]2(CN(C)C(=O)O2)C1. The van der Waals surface area contributed by atoms with Crippen LogP contribution in [-0.2, 0) is 4.74 Å². The number of carbonyl (C=O) groups is 2. The largest absolute Gasteiger partial charge is 0.439 e. The molecule has 0 bridgehead atoms. The Labute approximate surface area is 155 Å². The minimum Gasteiger partial charge on any atom is -0.439 e. The molecule has 0 unspecified atom stereocenters. The Kier molecular flexibility index (Phi) is 3.91. The summed E-state index contributed by atoms with van der Waals surface area (Å²) in [7, 11) is 1.71. The number of hydrogen-bond donors (Lipinski definition) is 1. The number of aromatic nitrogens is 2. The fraction of sp³-hybridized carbons (Fsp3) is 0.389. The van der Waals surface area contributed by atoms with E-state index in [1.807, 2.05) is 19.1 Å². The second-order valence-electron chi connectivity index (χ2n) is 6.96. The number of nitrogens with zero attached hydrogens (tertiary/aromatic N) is 3. The molecule has 1 atom stereocenters. The van der Waals surface area contributed by atoms with Crippen LogP contribution in [0.25, 0.3) is 11.3 Å². The molecule has 2 aliphatic rings. The second kappa shape index (κ2) is 6.02. The zero-order valence-electron chi connectivity index (χ0n) is 14.6. The van der Waals surface area contributed by atoms with Gasteiger partial charge in [-0.05, 0) is 19.1 Å². The van der Waals surface area contributed by atoms with E-state index >= 15 is 0 Å². The molecule has 0 radical (unpaired) electrons. The summed E-state index contributed by atoms with van der Waals surface area (Å²) in [6.07, 6.45) is 0.313. The smallest absolute Gasteiger partial charge is 0.410 e. The van der Waals surface area contributed by atoms with Crippen LogP contribution in [0.2, 0.25) is 5.02 Å². The zero-order valence-corrected chi connectivity index (χ0v) is 15.3. The van der Waals surface area contributed by atoms with Crippen molar-refractivity contribution >= 4 is 23.6 Å². The van der Waals surface area contributed by atoms with Crippen LogP contribution in [-0.4, -0.2) is 64.3 Å². The van der Waals surface area contributed by atoms with Crippen LogP contribution in [0.1, 0.15) is 22.5 Å². The van der Waals surface area contributed by atoms with Gasteiger partial charge in [-0.15, -0.1) is 0 Å². The summed E-state index contributed by atoms with van der Waals surface area (Å²) in [5, 5.41) is 7.83. The lowest BCUT2D eigenvalue weighted by atomic mass is 10.0. The fourth-order valence-electron chi connectivity index (χ4n) is 3.68. The normalized spacial score (nSPS) is 22.3. The van der Waals surface area contributed by atoms with Crippen molar-refractivity contribution in [2.45, 2.75) is 18.9 Å². The van der Waals surface area contributed by atoms with Gasteiger partial charge in [0.2, 0.25) is 0 Å². The predicted molar refractivity (Wildman–Crippen MR) is 96.1 cm³/mol. The van der Waals surface area contributed by atoms with Crippen molar-refractivity contribution in [1.82, 2.24) is 20.0 Å². The van der Waals surface area contributed by atoms with Crippen LogP contribution in [0, 0.1) is 6.92 Å². The maximum Gasteiger partial charge on any atom is 0.410 e. The van der Waals surface area contributed by atoms with Gasteiger partial charge in [0, 0.05) is 36.2 Å². The van der Waals surface area contributed by atoms with E-state index in [1.165, 1.54) is 0 Å². The molecule has 0 aliphatic carbocycles. The third kappa shape index (κ3) is 2.72. The maximum atomic E-state index is 12.9. The van der Waals surface area contributed by atoms with Crippen LogP contribution >= 0.6 is 11.6 Å². The van der Waals surface area contributed by atoms with E-state index in [2.05, 4.69) is 10.2 Å². The Hall–Kier alpha value is -2.54. The van der Waals surface area contributed by atoms with E-state index in [4.69, 9.17) is 16.3 Å². The number of rotatable bonds is 2. The van der Waals surface area contributed by atoms with E-state index in [-0.39, 0.29) is 12.0 Å². The lowest BCUT2D eigenvalue weighted by Crippen LogP contribution is -2.39. The molecule has 2 fully saturated rings. The number of amides is 2. The van der Waals surface area contributed by atoms with Gasteiger partial charge >= 0.3 is 6.09 Å². The molecule has 2 saturated heterocycles. The molecule has 136 valence electrons. The molecule has 7 nitrogen and oxygen atoms in total. The van der Waals surface area contributed by atoms with Gasteiger partial charge in [0.1, 0.15) is 5.69 Å². The molecule has 2 amide bonds. The minimum atomic E-state index is -0.589. The molecule has 1 aromatic carbocycles. The molecule has 0 saturated carbocycles. The van der Waals surface area contributed by atoms with Crippen molar-refractivity contribution in [3.63, 3.8) is 0 Å². The molecule has 4 rings (SSSR count). The highest BCUT2D eigenvalue weighted by Crippen LogP contribution is 2.33. The molecule has 1 aromatic heterocycles. The lowest BCUT2D eigenvalue weighted by Gasteiger charge is -2.21. The van der Waals surface area contributed by atoms with E-state index in [9.17, 15) is 9.59 Å². The second-order valence-corrected chi connectivity index (χ2v) is 7.40. The number of halogens is 1. The highest BCUT2D eigenvalue weighted by atomic mass is 35.5. The van der Waals surface area contributed by atoms with Gasteiger partial charge in [-0.3, -0.25) is 9.89 Å². The molecule has 8 heteroatoms. The summed E-state index contributed by atoms with van der Waals surface area (Å²) in [6, 6.07) is 7.33. The Balaban J connectivity index is 1.55. The predicted octanol–water partition coefficient (Wildman–Crippen LogP) is 2.71. The average molecular weight is 375 g/mol. The topological polar surface area (TPSA) is 78.5 Å². The van der Waals surface area contributed by atoms with Gasteiger partial charge in [0.25, 0.3) is 5.91 Å². The minimum absolute atomic E-state index is 0.127. The van der Waals surface area contributed by atoms with Gasteiger partial charge < -0.3 is 14.5 Å². The first-order valence-electron chi connectivity index (χ1n) is 8.43. The highest BCUT2D eigenvalue weighted by molar-refractivity contribution is 6.30. The van der Waals surface area contributed by atoms with Gasteiger partial charge in [-0.1, -0.05) is 23.7 Å². The Morgan fingerprint density at radius 2 is 2.04 bits per heavy atom. The monoisotopic (exact) mass is 374 g/mol. The third-order valence-electron chi connectivity index (χ3n) is 5.09. The third-order valence-corrected chi connectivity index (χ3v) is 5.34. The zero-order chi connectivity index (χ0) is 18.5. The number of ether oxygens (including phenoxy) is 1. The number of carbonyl (C=O) groups excluding carboxylic acids is 2. The van der Waals surface area contributed by atoms with Crippen molar-refractivity contribution in [2.24, 2.45) is 0 Å². The molecule has 1 spiro atoms. The molecular formula is C18H19ClN4O3. The number of hydrogen-bond acceptors (Lipinski definition) is 4. The summed E-state index contributed by atoms with van der Waals surface area (Å²) < 4.78 is 5.51. The van der Waals surface area contributed by atoms with Crippen LogP contribution in [0.3, 0.4) is 0 Å². The first-order valence-corrected chi connectivity index (χ1v) is 8.81. The first-order chi connectivity index (χ1) is 12.4. The van der Waals surface area contributed by atoms with Crippen molar-refractivity contribution < 1.29 is 14.3 Å². The molecule has 26 heavy (non-hydrogen) atoms. The summed E-state index contributed by atoms with van der Waals surface area (Å²) in [6.45, 7) is 3.33. The molecule has 2 aromatic rings. The Bertz CT molecular complexity index is 879. The van der Waals surface area contributed by atoms with Crippen molar-refractivity contribution in [2.75, 3.05) is 26.7 Å². The molecular weight excluding hydrogens is 356 g/mol. The van der Waals surface area contributed by atoms with E-state index in [0.717, 1.165) is 16.8 Å². The van der Waals surface area contributed by atoms with Crippen LogP contribution in [0.4, 0.5) is 4.79 Å². The number of benzene rings is 1. The molecule has 1 N–H and O–H groups in total. The number of nitrogens with one attached hydrogen (secondary N) is 1. The average Bonchev–Trinajstić information content (AvgIpc) is 3.27. The Morgan fingerprint density at radius 1 is 1.31 bits per heavy atom. The van der Waals surface area contributed by atoms with Crippen LogP contribution < -0.4 is 0 Å².